The summed E-state index contributed by atoms with van der Waals surface area (Å²) in [4.78, 5) is 107. The molecule has 5 fully saturated rings. The van der Waals surface area contributed by atoms with Gasteiger partial charge >= 0.3 is 0 Å². The molecule has 6 amide bonds. The maximum absolute atomic E-state index is 16.0. The van der Waals surface area contributed by atoms with Gasteiger partial charge in [-0.2, -0.15) is 0 Å². The lowest BCUT2D eigenvalue weighted by Gasteiger charge is -2.48. The van der Waals surface area contributed by atoms with Gasteiger partial charge in [-0.3, -0.25) is 28.8 Å². The van der Waals surface area contributed by atoms with E-state index >= 15 is 9.18 Å². The number of imidazole rings is 1. The molecule has 2 aliphatic carbocycles. The van der Waals surface area contributed by atoms with Crippen molar-refractivity contribution in [1.29, 1.82) is 0 Å². The summed E-state index contributed by atoms with van der Waals surface area (Å²) in [6.07, 6.45) is 12.0. The van der Waals surface area contributed by atoms with Crippen molar-refractivity contribution < 1.29 is 47.4 Å². The summed E-state index contributed by atoms with van der Waals surface area (Å²) in [5, 5.41) is 22.6. The van der Waals surface area contributed by atoms with Crippen molar-refractivity contribution in [2.75, 3.05) is 49.5 Å². The summed E-state index contributed by atoms with van der Waals surface area (Å²) in [6, 6.07) is 15.1. The van der Waals surface area contributed by atoms with Gasteiger partial charge in [0.25, 0.3) is 11.8 Å². The second-order valence-corrected chi connectivity index (χ2v) is 30.8. The van der Waals surface area contributed by atoms with E-state index in [1.54, 1.807) is 39.5 Å². The number of piperidine rings is 2. The predicted molar refractivity (Wildman–Crippen MR) is 375 cm³/mol. The van der Waals surface area contributed by atoms with E-state index in [2.05, 4.69) is 48.2 Å². The highest BCUT2D eigenvalue weighted by Gasteiger charge is 2.57. The Bertz CT molecular complexity index is 3990. The van der Waals surface area contributed by atoms with Gasteiger partial charge in [0.15, 0.2) is 11.5 Å². The van der Waals surface area contributed by atoms with Crippen molar-refractivity contribution in [3.05, 3.63) is 100 Å². The highest BCUT2D eigenvalue weighted by atomic mass is 32.1. The topological polar surface area (TPSA) is 237 Å². The molecule has 5 N–H and O–H groups in total. The van der Waals surface area contributed by atoms with Gasteiger partial charge in [0.1, 0.15) is 29.2 Å². The number of hydrogen-bond donors (Lipinski definition) is 5. The molecule has 23 heteroatoms. The maximum atomic E-state index is 16.0. The van der Waals surface area contributed by atoms with Crippen LogP contribution in [-0.2, 0) is 35.9 Å². The number of unbranched alkanes of at least 4 members (excludes halogenated alkanes) is 4. The van der Waals surface area contributed by atoms with Crippen LogP contribution in [0.4, 0.5) is 26.0 Å². The molecule has 0 unspecified atom stereocenters. The molecule has 3 aromatic heterocycles. The van der Waals surface area contributed by atoms with Gasteiger partial charge in [-0.1, -0.05) is 70.7 Å². The predicted octanol–water partition coefficient (Wildman–Crippen LogP) is 11.7. The second-order valence-electron chi connectivity index (χ2n) is 29.9. The molecule has 7 heterocycles. The van der Waals surface area contributed by atoms with E-state index in [1.165, 1.54) is 47.6 Å². The van der Waals surface area contributed by atoms with Crippen LogP contribution < -0.4 is 30.9 Å². The number of nitrogens with one attached hydrogen (secondary N) is 4. The van der Waals surface area contributed by atoms with Crippen molar-refractivity contribution in [3.63, 3.8) is 0 Å². The fraction of sp³-hybridized carbons (Fsp3) is 0.560. The lowest BCUT2D eigenvalue weighted by molar-refractivity contribution is -0.145. The van der Waals surface area contributed by atoms with Gasteiger partial charge in [-0.05, 0) is 171 Å². The number of ether oxygens (including phenoxy) is 1. The Morgan fingerprint density at radius 1 is 0.827 bits per heavy atom. The van der Waals surface area contributed by atoms with Crippen LogP contribution in [0.5, 0.6) is 5.75 Å². The summed E-state index contributed by atoms with van der Waals surface area (Å²) >= 11 is 1.52. The number of thiazole rings is 1. The van der Waals surface area contributed by atoms with Gasteiger partial charge in [0.2, 0.25) is 23.6 Å². The van der Waals surface area contributed by atoms with Crippen molar-refractivity contribution in [3.8, 4) is 27.4 Å². The van der Waals surface area contributed by atoms with Crippen LogP contribution in [0.3, 0.4) is 0 Å². The molecule has 4 aliphatic heterocycles. The highest BCUT2D eigenvalue weighted by Crippen LogP contribution is 2.53. The minimum absolute atomic E-state index is 0.00278. The Hall–Kier alpha value is -7.89. The standard InChI is InChI=1S/C75H96F2N12O8S/c1-44(2)81-68(92)54-38-58(56(76)32-46(54)5)83-67-64-59(79-42-88(64)45(3)4)39-57(82-67)48-21-22-55-60(33-48)89(52-35-51(36-52)85-27-15-13-16-28-85)72(96)74(55)25-29-86(30-26-74)63(91)18-14-11-10-12-17-31-97-62-34-49(65-47(6)80-43-98-65)19-20-50(62)40-78-69(93)61-37-53(90)41-87(61)70(94)66(73(7,8)9)84-71(95)75(77)23-24-75/h19-22,32-34,38-39,42-45,51-53,61,66,90H,10-18,23-31,35-37,40-41H2,1-9H3,(H,78,93)(H,81,92)(H,82,83)(H,84,95)/t51-,52+,53-,61+,66-/m1/s1. The quantitative estimate of drug-likeness (QED) is 0.0355. The average Bonchev–Trinajstić information content (AvgIpc) is 1.55. The van der Waals surface area contributed by atoms with Crippen LogP contribution in [-0.4, -0.2) is 156 Å². The SMILES string of the molecule is Cc1cc(F)c(Nc2nc(-c3ccc4c(c3)N([C@H]3C[C@@H](N5CCCCC5)C3)C(=O)C43CCN(C(=O)CCCCCCCOc4cc(-c5scnc5C)ccc4CNC(=O)[C@@H]4C[C@@H](O)CN4C(=O)[C@@H](NC(=O)C4(F)CC4)C(C)(C)C)CC3)cc3ncn(C(C)C)c23)cc1C(=O)NC(C)C. The third-order valence-electron chi connectivity index (χ3n) is 21.0. The molecule has 20 nitrogen and oxygen atoms in total. The minimum atomic E-state index is -1.99. The normalized spacial score (nSPS) is 20.8. The maximum Gasteiger partial charge on any atom is 0.258 e. The van der Waals surface area contributed by atoms with E-state index < -0.39 is 58.2 Å². The Morgan fingerprint density at radius 3 is 2.24 bits per heavy atom. The number of carbonyl (C=O) groups is 6. The third-order valence-corrected chi connectivity index (χ3v) is 22.0. The number of aliphatic hydroxyl groups is 1. The zero-order chi connectivity index (χ0) is 69.5. The number of benzene rings is 3. The first-order valence-corrected chi connectivity index (χ1v) is 36.4. The molecule has 2 saturated carbocycles. The molecular formula is C75H96F2N12O8S. The number of aryl methyl sites for hydroxylation is 2. The fourth-order valence-electron chi connectivity index (χ4n) is 15.1. The zero-order valence-corrected chi connectivity index (χ0v) is 59.0. The smallest absolute Gasteiger partial charge is 0.258 e. The van der Waals surface area contributed by atoms with Crippen LogP contribution in [0.15, 0.2) is 66.4 Å². The van der Waals surface area contributed by atoms with E-state index in [0.29, 0.717) is 84.4 Å². The number of hydrogen-bond acceptors (Lipinski definition) is 14. The average molecular weight is 1360 g/mol. The second kappa shape index (κ2) is 28.8. The van der Waals surface area contributed by atoms with E-state index in [1.807, 2.05) is 74.4 Å². The van der Waals surface area contributed by atoms with E-state index in [0.717, 1.165) is 96.5 Å². The summed E-state index contributed by atoms with van der Waals surface area (Å²) in [6.45, 7) is 20.3. The van der Waals surface area contributed by atoms with Gasteiger partial charge in [0.05, 0.1) is 57.4 Å². The Labute approximate surface area is 577 Å². The molecule has 3 atom stereocenters. The summed E-state index contributed by atoms with van der Waals surface area (Å²) in [5.74, 6) is -1.50. The molecule has 3 saturated heterocycles. The van der Waals surface area contributed by atoms with Gasteiger partial charge in [0, 0.05) is 85.6 Å². The van der Waals surface area contributed by atoms with Crippen molar-refractivity contribution >= 4 is 75.0 Å². The number of anilines is 3. The molecule has 0 bridgehead atoms. The highest BCUT2D eigenvalue weighted by molar-refractivity contribution is 7.13. The number of β-amino-alcohol motifs (C(OH)–C–C–N with tert-alkyl or cyclic N) is 1. The Morgan fingerprint density at radius 2 is 1.55 bits per heavy atom. The largest absolute Gasteiger partial charge is 0.493 e. The van der Waals surface area contributed by atoms with Crippen LogP contribution in [0.2, 0.25) is 0 Å². The monoisotopic (exact) mass is 1360 g/mol. The van der Waals surface area contributed by atoms with Gasteiger partial charge < -0.3 is 55.3 Å². The first-order chi connectivity index (χ1) is 46.8. The van der Waals surface area contributed by atoms with E-state index in [9.17, 15) is 33.5 Å². The molecule has 0 radical (unpaired) electrons. The Balaban J connectivity index is 0.674. The molecular weight excluding hydrogens is 1270 g/mol. The van der Waals surface area contributed by atoms with Crippen LogP contribution in [0.1, 0.15) is 190 Å². The lowest BCUT2D eigenvalue weighted by atomic mass is 9.73. The number of alkyl halides is 1. The summed E-state index contributed by atoms with van der Waals surface area (Å²) in [7, 11) is 0. The molecule has 1 spiro atoms. The molecule has 12 rings (SSSR count). The molecule has 6 aromatic rings. The Kier molecular flexibility index (Phi) is 20.5. The van der Waals surface area contributed by atoms with Crippen LogP contribution in [0, 0.1) is 25.1 Å². The number of halogens is 2. The number of nitrogens with zero attached hydrogens (tertiary/aromatic N) is 8. The number of rotatable bonds is 24. The molecule has 98 heavy (non-hydrogen) atoms. The third kappa shape index (κ3) is 14.6. The molecule has 524 valence electrons. The number of aromatic nitrogens is 4. The van der Waals surface area contributed by atoms with Crippen LogP contribution in [0.25, 0.3) is 32.7 Å². The minimum Gasteiger partial charge on any atom is -0.493 e. The van der Waals surface area contributed by atoms with E-state index in [-0.39, 0.29) is 73.9 Å². The number of pyridine rings is 1. The number of amides is 6. The summed E-state index contributed by atoms with van der Waals surface area (Å²) < 4.78 is 39.3. The van der Waals surface area contributed by atoms with E-state index in [4.69, 9.17) is 14.7 Å². The zero-order valence-electron chi connectivity index (χ0n) is 58.2. The number of carbonyl (C=O) groups excluding carboxylic acids is 6. The van der Waals surface area contributed by atoms with Crippen molar-refractivity contribution in [2.45, 2.75) is 225 Å². The summed E-state index contributed by atoms with van der Waals surface area (Å²) in [5.41, 5.74) is 6.31. The first-order valence-electron chi connectivity index (χ1n) is 35.5. The first kappa shape index (κ1) is 70.0. The van der Waals surface area contributed by atoms with Crippen LogP contribution >= 0.6 is 11.3 Å². The molecule has 3 aromatic carbocycles. The van der Waals surface area contributed by atoms with Gasteiger partial charge in [-0.25, -0.2) is 23.7 Å². The number of aliphatic hydroxyl groups excluding tert-OH is 1. The van der Waals surface area contributed by atoms with Crippen molar-refractivity contribution in [1.82, 2.24) is 50.2 Å². The number of fused-ring (bicyclic) bond motifs is 3. The lowest BCUT2D eigenvalue weighted by Crippen LogP contribution is -2.59. The van der Waals surface area contributed by atoms with Crippen molar-refractivity contribution in [2.24, 2.45) is 5.41 Å². The van der Waals surface area contributed by atoms with Gasteiger partial charge in [-0.15, -0.1) is 11.3 Å². The fourth-order valence-corrected chi connectivity index (χ4v) is 15.9. The molecule has 6 aliphatic rings. The number of likely N-dealkylation sites (tertiary alicyclic amines) is 3.